The Hall–Kier alpha value is -2.86. The quantitative estimate of drug-likeness (QED) is 0.401. The van der Waals surface area contributed by atoms with Gasteiger partial charge in [-0.15, -0.1) is 5.10 Å². The third-order valence-corrected chi connectivity index (χ3v) is 12.7. The van der Waals surface area contributed by atoms with Crippen molar-refractivity contribution in [1.29, 1.82) is 0 Å². The van der Waals surface area contributed by atoms with Crippen LogP contribution in [0.3, 0.4) is 0 Å². The van der Waals surface area contributed by atoms with Gasteiger partial charge >= 0.3 is 6.18 Å². The molecule has 2 aromatic heterocycles. The lowest BCUT2D eigenvalue weighted by atomic mass is 9.90. The maximum Gasteiger partial charge on any atom is 0.416 e. The van der Waals surface area contributed by atoms with Crippen LogP contribution in [0.15, 0.2) is 24.3 Å². The molecule has 3 fully saturated rings. The van der Waals surface area contributed by atoms with Gasteiger partial charge in [0, 0.05) is 25.6 Å². The van der Waals surface area contributed by atoms with Crippen LogP contribution in [-0.4, -0.2) is 59.8 Å². The van der Waals surface area contributed by atoms with Crippen molar-refractivity contribution in [2.45, 2.75) is 82.1 Å². The van der Waals surface area contributed by atoms with Crippen molar-refractivity contribution < 1.29 is 26.3 Å². The first kappa shape index (κ1) is 30.2. The molecule has 3 aliphatic rings. The van der Waals surface area contributed by atoms with E-state index >= 15 is 0 Å². The number of nitrogen functional groups attached to an aromatic ring is 1. The maximum absolute atomic E-state index is 13.8. The lowest BCUT2D eigenvalue weighted by Crippen LogP contribution is -2.42. The molecule has 4 heterocycles. The molecule has 1 aromatic carbocycles. The summed E-state index contributed by atoms with van der Waals surface area (Å²) < 4.78 is 74.3. The third kappa shape index (κ3) is 5.84. The summed E-state index contributed by atoms with van der Waals surface area (Å²) in [4.78, 5) is 7.04. The third-order valence-electron chi connectivity index (χ3n) is 9.91. The summed E-state index contributed by atoms with van der Waals surface area (Å²) in [6.45, 7) is 3.98. The lowest BCUT2D eigenvalue weighted by molar-refractivity contribution is -0.138. The van der Waals surface area contributed by atoms with E-state index in [-0.39, 0.29) is 23.7 Å². The molecule has 0 amide bonds. The highest BCUT2D eigenvalue weighted by Gasteiger charge is 2.46. The highest BCUT2D eigenvalue weighted by Crippen LogP contribution is 2.44. The Balaban J connectivity index is 1.38. The minimum absolute atomic E-state index is 0.187. The van der Waals surface area contributed by atoms with Crippen LogP contribution >= 0.6 is 0 Å². The minimum Gasteiger partial charge on any atom is -0.396 e. The van der Waals surface area contributed by atoms with E-state index in [1.54, 1.807) is 16.6 Å². The topological polar surface area (TPSA) is 103 Å². The molecule has 1 saturated carbocycles. The van der Waals surface area contributed by atoms with E-state index in [1.807, 2.05) is 0 Å². The molecule has 12 heteroatoms. The number of anilines is 2. The van der Waals surface area contributed by atoms with Crippen LogP contribution < -0.4 is 10.6 Å². The Kier molecular flexibility index (Phi) is 8.12. The highest BCUT2D eigenvalue weighted by atomic mass is 32.2. The molecular formula is C31H40F3N5O3S. The largest absolute Gasteiger partial charge is 0.416 e. The van der Waals surface area contributed by atoms with Gasteiger partial charge in [0.05, 0.1) is 46.4 Å². The van der Waals surface area contributed by atoms with E-state index in [9.17, 15) is 21.6 Å². The first-order valence-corrected chi connectivity index (χ1v) is 17.0. The van der Waals surface area contributed by atoms with Gasteiger partial charge in [-0.2, -0.15) is 13.2 Å². The summed E-state index contributed by atoms with van der Waals surface area (Å²) in [6, 6.07) is 6.10. The van der Waals surface area contributed by atoms with Gasteiger partial charge in [0.15, 0.2) is 21.3 Å². The zero-order chi connectivity index (χ0) is 30.4. The van der Waals surface area contributed by atoms with Crippen LogP contribution in [0.5, 0.6) is 0 Å². The number of sulfone groups is 1. The summed E-state index contributed by atoms with van der Waals surface area (Å²) in [5, 5.41) is 4.92. The second-order valence-corrected chi connectivity index (χ2v) is 15.0. The number of nitrogens with two attached hydrogens (primary N) is 1. The van der Waals surface area contributed by atoms with Crippen molar-refractivity contribution in [2.75, 3.05) is 42.7 Å². The summed E-state index contributed by atoms with van der Waals surface area (Å²) in [5.74, 6) is 1.17. The van der Waals surface area contributed by atoms with Crippen molar-refractivity contribution in [3.63, 3.8) is 0 Å². The molecule has 43 heavy (non-hydrogen) atoms. The second-order valence-electron chi connectivity index (χ2n) is 12.5. The SMILES string of the molecule is Cc1c(Cc2c(CC3CCCC4(CCCCS4(=O)=O)CC3)nc3c(N)cc(N4CCOCC4)nn23)cccc1C(F)(F)F. The van der Waals surface area contributed by atoms with Crippen molar-refractivity contribution in [3.05, 3.63) is 52.3 Å². The molecule has 2 aliphatic heterocycles. The van der Waals surface area contributed by atoms with Gasteiger partial charge in [-0.05, 0) is 68.6 Å². The number of alkyl halides is 3. The molecule has 234 valence electrons. The predicted molar refractivity (Wildman–Crippen MR) is 160 cm³/mol. The van der Waals surface area contributed by atoms with Crippen molar-refractivity contribution in [1.82, 2.24) is 14.6 Å². The summed E-state index contributed by atoms with van der Waals surface area (Å²) in [6.07, 6.45) is 2.64. The minimum atomic E-state index is -4.45. The van der Waals surface area contributed by atoms with Crippen molar-refractivity contribution >= 4 is 27.0 Å². The van der Waals surface area contributed by atoms with Crippen LogP contribution in [-0.2, 0) is 33.6 Å². The van der Waals surface area contributed by atoms with Crippen LogP contribution in [0.25, 0.3) is 5.65 Å². The number of morpholine rings is 1. The van der Waals surface area contributed by atoms with Crippen molar-refractivity contribution in [3.8, 4) is 0 Å². The smallest absolute Gasteiger partial charge is 0.396 e. The Bertz CT molecular complexity index is 1600. The number of hydrogen-bond acceptors (Lipinski definition) is 7. The number of halogens is 3. The number of imidazole rings is 1. The van der Waals surface area contributed by atoms with Crippen LogP contribution in [0.1, 0.15) is 79.4 Å². The molecule has 8 nitrogen and oxygen atoms in total. The van der Waals surface area contributed by atoms with E-state index in [1.165, 1.54) is 13.0 Å². The van der Waals surface area contributed by atoms with Crippen LogP contribution in [0.4, 0.5) is 24.7 Å². The standard InChI is InChI=1S/C31H40F3N5O3S/c1-21-23(7-4-8-24(21)31(32,33)34)19-27-26(18-22-6-5-11-30(12-9-22)10-2-3-17-43(30,40)41)36-29-25(35)20-28(37-39(27)29)38-13-15-42-16-14-38/h4,7-8,20,22H,2-3,5-6,9-19,35H2,1H3. The van der Waals surface area contributed by atoms with Gasteiger partial charge in [-0.3, -0.25) is 0 Å². The number of benzene rings is 1. The Morgan fingerprint density at radius 3 is 2.60 bits per heavy atom. The average molecular weight is 620 g/mol. The second kappa shape index (κ2) is 11.6. The molecule has 0 bridgehead atoms. The van der Waals surface area contributed by atoms with Gasteiger partial charge < -0.3 is 15.4 Å². The van der Waals surface area contributed by atoms with E-state index in [2.05, 4.69) is 4.90 Å². The number of aromatic nitrogens is 3. The fourth-order valence-electron chi connectivity index (χ4n) is 7.37. The summed E-state index contributed by atoms with van der Waals surface area (Å²) in [5.41, 5.74) is 9.07. The van der Waals surface area contributed by atoms with E-state index in [4.69, 9.17) is 20.6 Å². The number of ether oxygens (including phenoxy) is 1. The Morgan fingerprint density at radius 2 is 1.86 bits per heavy atom. The monoisotopic (exact) mass is 619 g/mol. The van der Waals surface area contributed by atoms with E-state index < -0.39 is 26.3 Å². The maximum atomic E-state index is 13.8. The Labute approximate surface area is 250 Å². The molecule has 2 unspecified atom stereocenters. The average Bonchev–Trinajstić information content (AvgIpc) is 3.16. The highest BCUT2D eigenvalue weighted by molar-refractivity contribution is 7.92. The number of fused-ring (bicyclic) bond motifs is 1. The zero-order valence-electron chi connectivity index (χ0n) is 24.6. The molecule has 2 N–H and O–H groups in total. The van der Waals surface area contributed by atoms with Gasteiger partial charge in [-0.1, -0.05) is 31.4 Å². The van der Waals surface area contributed by atoms with Crippen LogP contribution in [0.2, 0.25) is 0 Å². The number of hydrogen-bond donors (Lipinski definition) is 1. The normalized spacial score (nSPS) is 24.8. The lowest BCUT2D eigenvalue weighted by Gasteiger charge is -2.36. The van der Waals surface area contributed by atoms with Gasteiger partial charge in [0.2, 0.25) is 0 Å². The zero-order valence-corrected chi connectivity index (χ0v) is 25.4. The molecule has 1 spiro atoms. The molecule has 3 aromatic rings. The summed E-state index contributed by atoms with van der Waals surface area (Å²) in [7, 11) is -3.13. The van der Waals surface area contributed by atoms with Gasteiger partial charge in [0.25, 0.3) is 0 Å². The Morgan fingerprint density at radius 1 is 1.09 bits per heavy atom. The first-order chi connectivity index (χ1) is 20.5. The molecule has 1 aliphatic carbocycles. The molecule has 2 saturated heterocycles. The molecular weight excluding hydrogens is 579 g/mol. The van der Waals surface area contributed by atoms with Crippen molar-refractivity contribution in [2.24, 2.45) is 5.92 Å². The first-order valence-electron chi connectivity index (χ1n) is 15.4. The van der Waals surface area contributed by atoms with E-state index in [0.29, 0.717) is 68.3 Å². The fraction of sp³-hybridized carbons (Fsp3) is 0.613. The van der Waals surface area contributed by atoms with Crippen LogP contribution in [0, 0.1) is 12.8 Å². The molecule has 2 atom stereocenters. The fourth-order valence-corrected chi connectivity index (χ4v) is 9.73. The van der Waals surface area contributed by atoms with Gasteiger partial charge in [0.1, 0.15) is 0 Å². The van der Waals surface area contributed by atoms with E-state index in [0.717, 1.165) is 56.0 Å². The predicted octanol–water partition coefficient (Wildman–Crippen LogP) is 5.53. The molecule has 6 rings (SSSR count). The molecule has 0 radical (unpaired) electrons. The number of rotatable bonds is 5. The summed E-state index contributed by atoms with van der Waals surface area (Å²) >= 11 is 0. The number of nitrogens with zero attached hydrogens (tertiary/aromatic N) is 4. The van der Waals surface area contributed by atoms with Gasteiger partial charge in [-0.25, -0.2) is 17.9 Å².